The van der Waals surface area contributed by atoms with E-state index in [0.717, 1.165) is 12.3 Å². The number of carbonyl (C=O) groups is 1. The first-order valence-electron chi connectivity index (χ1n) is 6.25. The molecular weight excluding hydrogens is 313 g/mol. The van der Waals surface area contributed by atoms with Crippen molar-refractivity contribution in [3.8, 4) is 6.07 Å². The van der Waals surface area contributed by atoms with Gasteiger partial charge in [0.25, 0.3) is 11.5 Å². The maximum atomic E-state index is 12.5. The SMILES string of the molecule is N#Cc1ccc(C(=O)NCc2ccnc(C(F)(F)F)c2)c(=O)[nH]1. The van der Waals surface area contributed by atoms with Crippen LogP contribution in [0.2, 0.25) is 0 Å². The molecule has 0 atom stereocenters. The van der Waals surface area contributed by atoms with Crippen molar-refractivity contribution < 1.29 is 18.0 Å². The van der Waals surface area contributed by atoms with Gasteiger partial charge in [-0.2, -0.15) is 18.4 Å². The second-order valence-electron chi connectivity index (χ2n) is 4.46. The molecule has 118 valence electrons. The third-order valence-corrected chi connectivity index (χ3v) is 2.84. The Kier molecular flexibility index (Phi) is 4.45. The van der Waals surface area contributed by atoms with Gasteiger partial charge in [-0.15, -0.1) is 0 Å². The zero-order chi connectivity index (χ0) is 17.0. The van der Waals surface area contributed by atoms with Crippen molar-refractivity contribution >= 4 is 5.91 Å². The Balaban J connectivity index is 2.11. The highest BCUT2D eigenvalue weighted by atomic mass is 19.4. The Morgan fingerprint density at radius 2 is 2.09 bits per heavy atom. The minimum Gasteiger partial charge on any atom is -0.348 e. The average Bonchev–Trinajstić information content (AvgIpc) is 2.52. The molecule has 1 amide bonds. The molecule has 0 fully saturated rings. The number of halogens is 3. The lowest BCUT2D eigenvalue weighted by molar-refractivity contribution is -0.141. The summed E-state index contributed by atoms with van der Waals surface area (Å²) in [6.07, 6.45) is -3.59. The quantitative estimate of drug-likeness (QED) is 0.896. The Labute approximate surface area is 127 Å². The van der Waals surface area contributed by atoms with E-state index >= 15 is 0 Å². The van der Waals surface area contributed by atoms with Gasteiger partial charge < -0.3 is 10.3 Å². The number of carbonyl (C=O) groups excluding carboxylic acids is 1. The van der Waals surface area contributed by atoms with Crippen LogP contribution in [-0.4, -0.2) is 15.9 Å². The molecule has 2 heterocycles. The number of hydrogen-bond acceptors (Lipinski definition) is 4. The van der Waals surface area contributed by atoms with Crippen molar-refractivity contribution in [2.45, 2.75) is 12.7 Å². The zero-order valence-electron chi connectivity index (χ0n) is 11.4. The molecule has 2 N–H and O–H groups in total. The Morgan fingerprint density at radius 1 is 1.35 bits per heavy atom. The van der Waals surface area contributed by atoms with Crippen LogP contribution in [0.4, 0.5) is 13.2 Å². The predicted octanol–water partition coefficient (Wildman–Crippen LogP) is 1.59. The van der Waals surface area contributed by atoms with E-state index in [-0.39, 0.29) is 23.4 Å². The first kappa shape index (κ1) is 16.2. The second-order valence-corrected chi connectivity index (χ2v) is 4.46. The molecule has 0 aliphatic carbocycles. The summed E-state index contributed by atoms with van der Waals surface area (Å²) in [5, 5.41) is 11.0. The summed E-state index contributed by atoms with van der Waals surface area (Å²) in [5.41, 5.74) is -1.89. The maximum absolute atomic E-state index is 12.5. The third-order valence-electron chi connectivity index (χ3n) is 2.84. The van der Waals surface area contributed by atoms with Crippen molar-refractivity contribution in [2.24, 2.45) is 0 Å². The first-order chi connectivity index (χ1) is 10.8. The van der Waals surface area contributed by atoms with Crippen molar-refractivity contribution in [3.05, 3.63) is 63.3 Å². The number of aromatic nitrogens is 2. The minimum atomic E-state index is -4.58. The second kappa shape index (κ2) is 6.31. The van der Waals surface area contributed by atoms with Crippen LogP contribution in [0, 0.1) is 11.3 Å². The minimum absolute atomic E-state index is 0.00416. The summed E-state index contributed by atoms with van der Waals surface area (Å²) in [7, 11) is 0. The molecular formula is C14H9F3N4O2. The van der Waals surface area contributed by atoms with Crippen molar-refractivity contribution in [3.63, 3.8) is 0 Å². The van der Waals surface area contributed by atoms with Crippen LogP contribution in [0.1, 0.15) is 27.3 Å². The molecule has 0 unspecified atom stereocenters. The molecule has 2 aromatic rings. The highest BCUT2D eigenvalue weighted by molar-refractivity contribution is 5.93. The van der Waals surface area contributed by atoms with Gasteiger partial charge in [-0.1, -0.05) is 0 Å². The van der Waals surface area contributed by atoms with Gasteiger partial charge in [0.05, 0.1) is 0 Å². The molecule has 0 aromatic carbocycles. The highest BCUT2D eigenvalue weighted by Gasteiger charge is 2.32. The third kappa shape index (κ3) is 3.94. The number of aromatic amines is 1. The van der Waals surface area contributed by atoms with Crippen LogP contribution < -0.4 is 10.9 Å². The van der Waals surface area contributed by atoms with Gasteiger partial charge in [-0.3, -0.25) is 14.6 Å². The molecule has 9 heteroatoms. The van der Waals surface area contributed by atoms with Crippen LogP contribution in [0.3, 0.4) is 0 Å². The molecule has 6 nitrogen and oxygen atoms in total. The summed E-state index contributed by atoms with van der Waals surface area (Å²) in [6.45, 7) is -0.204. The molecule has 2 aromatic heterocycles. The van der Waals surface area contributed by atoms with Gasteiger partial charge in [0.1, 0.15) is 23.0 Å². The molecule has 0 aliphatic rings. The normalized spacial score (nSPS) is 10.9. The van der Waals surface area contributed by atoms with E-state index in [9.17, 15) is 22.8 Å². The van der Waals surface area contributed by atoms with Gasteiger partial charge in [-0.25, -0.2) is 0 Å². The molecule has 0 spiro atoms. The summed E-state index contributed by atoms with van der Waals surface area (Å²) in [6, 6.07) is 6.26. The van der Waals surface area contributed by atoms with E-state index in [1.54, 1.807) is 6.07 Å². The van der Waals surface area contributed by atoms with Crippen molar-refractivity contribution in [2.75, 3.05) is 0 Å². The fraction of sp³-hybridized carbons (Fsp3) is 0.143. The topological polar surface area (TPSA) is 98.6 Å². The number of hydrogen-bond donors (Lipinski definition) is 2. The molecule has 0 bridgehead atoms. The smallest absolute Gasteiger partial charge is 0.348 e. The predicted molar refractivity (Wildman–Crippen MR) is 72.2 cm³/mol. The summed E-state index contributed by atoms with van der Waals surface area (Å²) in [4.78, 5) is 28.9. The molecule has 0 saturated heterocycles. The van der Waals surface area contributed by atoms with E-state index < -0.39 is 23.3 Å². The monoisotopic (exact) mass is 322 g/mol. The average molecular weight is 322 g/mol. The fourth-order valence-electron chi connectivity index (χ4n) is 1.73. The summed E-state index contributed by atoms with van der Waals surface area (Å²) in [5.74, 6) is -0.763. The molecule has 0 radical (unpaired) electrons. The van der Waals surface area contributed by atoms with Gasteiger partial charge in [0.15, 0.2) is 0 Å². The Hall–Kier alpha value is -3.15. The zero-order valence-corrected chi connectivity index (χ0v) is 11.4. The number of nitrogens with zero attached hydrogens (tertiary/aromatic N) is 2. The van der Waals surface area contributed by atoms with Crippen LogP contribution in [0.5, 0.6) is 0 Å². The lowest BCUT2D eigenvalue weighted by Crippen LogP contribution is -2.29. The first-order valence-corrected chi connectivity index (χ1v) is 6.25. The van der Waals surface area contributed by atoms with Gasteiger partial charge in [0, 0.05) is 12.7 Å². The van der Waals surface area contributed by atoms with E-state index in [1.165, 1.54) is 18.2 Å². The van der Waals surface area contributed by atoms with E-state index in [4.69, 9.17) is 5.26 Å². The van der Waals surface area contributed by atoms with E-state index in [2.05, 4.69) is 15.3 Å². The lowest BCUT2D eigenvalue weighted by Gasteiger charge is -2.08. The highest BCUT2D eigenvalue weighted by Crippen LogP contribution is 2.27. The molecule has 2 rings (SSSR count). The van der Waals surface area contributed by atoms with Crippen LogP contribution in [0.15, 0.2) is 35.3 Å². The number of nitriles is 1. The summed E-state index contributed by atoms with van der Waals surface area (Å²) < 4.78 is 37.6. The van der Waals surface area contributed by atoms with Gasteiger partial charge in [0.2, 0.25) is 0 Å². The maximum Gasteiger partial charge on any atom is 0.433 e. The molecule has 0 saturated carbocycles. The van der Waals surface area contributed by atoms with Crippen molar-refractivity contribution in [1.29, 1.82) is 5.26 Å². The number of rotatable bonds is 3. The number of H-pyrrole nitrogens is 1. The number of nitrogens with one attached hydrogen (secondary N) is 2. The number of alkyl halides is 3. The number of pyridine rings is 2. The van der Waals surface area contributed by atoms with Gasteiger partial charge in [-0.05, 0) is 29.8 Å². The standard InChI is InChI=1S/C14H9F3N4O2/c15-14(16,17)11-5-8(3-4-19-11)7-20-12(22)10-2-1-9(6-18)21-13(10)23/h1-5H,7H2,(H,20,22)(H,21,23). The van der Waals surface area contributed by atoms with E-state index in [0.29, 0.717) is 0 Å². The van der Waals surface area contributed by atoms with E-state index in [1.807, 2.05) is 0 Å². The molecule has 0 aliphatic heterocycles. The fourth-order valence-corrected chi connectivity index (χ4v) is 1.73. The van der Waals surface area contributed by atoms with Crippen LogP contribution in [0.25, 0.3) is 0 Å². The Bertz CT molecular complexity index is 837. The van der Waals surface area contributed by atoms with Crippen LogP contribution >= 0.6 is 0 Å². The molecule has 23 heavy (non-hydrogen) atoms. The Morgan fingerprint density at radius 3 is 2.70 bits per heavy atom. The summed E-state index contributed by atoms with van der Waals surface area (Å²) >= 11 is 0. The van der Waals surface area contributed by atoms with Gasteiger partial charge >= 0.3 is 6.18 Å². The largest absolute Gasteiger partial charge is 0.433 e. The van der Waals surface area contributed by atoms with Crippen LogP contribution in [-0.2, 0) is 12.7 Å². The number of amides is 1. The lowest BCUT2D eigenvalue weighted by atomic mass is 10.2. The van der Waals surface area contributed by atoms with Crippen molar-refractivity contribution in [1.82, 2.24) is 15.3 Å².